The van der Waals surface area contributed by atoms with Crippen LogP contribution in [0.5, 0.6) is 0 Å². The van der Waals surface area contributed by atoms with E-state index < -0.39 is 0 Å². The number of ether oxygens (including phenoxy) is 2. The second-order valence-electron chi connectivity index (χ2n) is 4.31. The van der Waals surface area contributed by atoms with Gasteiger partial charge in [-0.1, -0.05) is 53.5 Å². The molecule has 1 aliphatic rings. The molecular weight excluding hydrogens is 200 g/mol. The van der Waals surface area contributed by atoms with Gasteiger partial charge in [-0.25, -0.2) is 0 Å². The Morgan fingerprint density at radius 2 is 1.56 bits per heavy atom. The van der Waals surface area contributed by atoms with Crippen LogP contribution in [0.3, 0.4) is 0 Å². The van der Waals surface area contributed by atoms with Crippen molar-refractivity contribution in [1.82, 2.24) is 0 Å². The van der Waals surface area contributed by atoms with Gasteiger partial charge in [-0.05, 0) is 19.8 Å². The summed E-state index contributed by atoms with van der Waals surface area (Å²) in [6.07, 6.45) is 10.4. The zero-order chi connectivity index (χ0) is 10.3. The van der Waals surface area contributed by atoms with Gasteiger partial charge in [0.25, 0.3) is 0 Å². The van der Waals surface area contributed by atoms with E-state index in [0.717, 1.165) is 12.8 Å². The van der Waals surface area contributed by atoms with Crippen molar-refractivity contribution < 1.29 is 9.47 Å². The second kappa shape index (κ2) is 9.71. The van der Waals surface area contributed by atoms with E-state index in [4.69, 9.17) is 9.47 Å². The van der Waals surface area contributed by atoms with Crippen LogP contribution in [0, 0.1) is 0 Å². The molecule has 0 atom stereocenters. The van der Waals surface area contributed by atoms with E-state index in [9.17, 15) is 0 Å². The fourth-order valence-corrected chi connectivity index (χ4v) is 2.02. The van der Waals surface area contributed by atoms with Crippen LogP contribution in [-0.2, 0) is 9.47 Å². The fraction of sp³-hybridized carbons (Fsp3) is 0.857. The van der Waals surface area contributed by atoms with Crippen LogP contribution >= 0.6 is 0 Å². The molecule has 0 unspecified atom stereocenters. The average Bonchev–Trinajstić information content (AvgIpc) is 2.13. The molecule has 2 heteroatoms. The van der Waals surface area contributed by atoms with Crippen molar-refractivity contribution in [3.05, 3.63) is 12.8 Å². The minimum atomic E-state index is 0. The second-order valence-corrected chi connectivity index (χ2v) is 4.31. The maximum absolute atomic E-state index is 5.75. The summed E-state index contributed by atoms with van der Waals surface area (Å²) in [6, 6.07) is 0. The highest BCUT2D eigenvalue weighted by Crippen LogP contribution is 2.29. The van der Waals surface area contributed by atoms with Crippen molar-refractivity contribution in [2.24, 2.45) is 0 Å². The lowest BCUT2D eigenvalue weighted by Crippen LogP contribution is -2.30. The smallest absolute Gasteiger partial charge is 0.188 e. The van der Waals surface area contributed by atoms with Crippen molar-refractivity contribution in [1.29, 1.82) is 0 Å². The molecular formula is C14H30O2. The van der Waals surface area contributed by atoms with E-state index in [1.165, 1.54) is 38.4 Å². The summed E-state index contributed by atoms with van der Waals surface area (Å²) < 4.78 is 10.8. The summed E-state index contributed by atoms with van der Waals surface area (Å²) >= 11 is 0. The topological polar surface area (TPSA) is 18.5 Å². The van der Waals surface area contributed by atoms with E-state index in [1.54, 1.807) is 0 Å². The predicted molar refractivity (Wildman–Crippen MR) is 71.4 cm³/mol. The van der Waals surface area contributed by atoms with Gasteiger partial charge in [0.15, 0.2) is 6.79 Å². The van der Waals surface area contributed by atoms with Crippen LogP contribution in [-0.4, -0.2) is 12.4 Å². The molecule has 0 saturated heterocycles. The normalized spacial score (nSPS) is 19.3. The Labute approximate surface area is 102 Å². The monoisotopic (exact) mass is 230 g/mol. The summed E-state index contributed by atoms with van der Waals surface area (Å²) in [5.74, 6) is 0. The Bertz CT molecular complexity index is 158. The van der Waals surface area contributed by atoms with Crippen LogP contribution < -0.4 is 0 Å². The van der Waals surface area contributed by atoms with Crippen LogP contribution in [0.1, 0.15) is 66.7 Å². The lowest BCUT2D eigenvalue weighted by Gasteiger charge is -2.31. The van der Waals surface area contributed by atoms with E-state index in [-0.39, 0.29) is 20.5 Å². The third kappa shape index (κ3) is 6.89. The minimum absolute atomic E-state index is 0. The van der Waals surface area contributed by atoms with Gasteiger partial charge in [0, 0.05) is 0 Å². The number of hydrogen-bond acceptors (Lipinski definition) is 2. The summed E-state index contributed by atoms with van der Waals surface area (Å²) in [5, 5.41) is 0. The van der Waals surface area contributed by atoms with Gasteiger partial charge < -0.3 is 9.47 Å². The molecule has 0 radical (unpaired) electrons. The summed E-state index contributed by atoms with van der Waals surface area (Å²) in [7, 11) is 0. The van der Waals surface area contributed by atoms with Gasteiger partial charge >= 0.3 is 0 Å². The van der Waals surface area contributed by atoms with Crippen LogP contribution in [0.15, 0.2) is 12.8 Å². The van der Waals surface area contributed by atoms with Crippen LogP contribution in [0.25, 0.3) is 0 Å². The van der Waals surface area contributed by atoms with Crippen LogP contribution in [0.2, 0.25) is 0 Å². The number of rotatable bonds is 4. The molecule has 0 aromatic carbocycles. The molecule has 1 aliphatic carbocycles. The molecule has 0 amide bonds. The molecule has 1 fully saturated rings. The highest BCUT2D eigenvalue weighted by atomic mass is 16.7. The molecule has 2 nitrogen and oxygen atoms in total. The molecule has 16 heavy (non-hydrogen) atoms. The largest absolute Gasteiger partial charge is 0.476 e. The first-order chi connectivity index (χ1) is 6.77. The zero-order valence-corrected chi connectivity index (χ0v) is 9.26. The van der Waals surface area contributed by atoms with Crippen molar-refractivity contribution in [3.8, 4) is 0 Å². The maximum atomic E-state index is 5.75. The quantitative estimate of drug-likeness (QED) is 0.388. The molecule has 0 bridgehead atoms. The zero-order valence-electron chi connectivity index (χ0n) is 9.26. The van der Waals surface area contributed by atoms with Gasteiger partial charge in [0.2, 0.25) is 0 Å². The molecule has 0 spiro atoms. The first kappa shape index (κ1) is 17.9. The van der Waals surface area contributed by atoms with Crippen molar-refractivity contribution in [3.63, 3.8) is 0 Å². The first-order valence-corrected chi connectivity index (χ1v) is 5.63. The summed E-state index contributed by atoms with van der Waals surface area (Å²) in [4.78, 5) is 0. The van der Waals surface area contributed by atoms with E-state index in [2.05, 4.69) is 13.5 Å². The average molecular weight is 230 g/mol. The Balaban J connectivity index is 0. The highest BCUT2D eigenvalue weighted by Gasteiger charge is 2.25. The molecule has 0 heterocycles. The van der Waals surface area contributed by atoms with E-state index >= 15 is 0 Å². The summed E-state index contributed by atoms with van der Waals surface area (Å²) in [5.41, 5.74) is 0.0312. The summed E-state index contributed by atoms with van der Waals surface area (Å²) in [6.45, 7) is 6.04. The minimum Gasteiger partial charge on any atom is -0.476 e. The molecule has 1 rings (SSSR count). The Hall–Kier alpha value is -0.500. The van der Waals surface area contributed by atoms with Gasteiger partial charge in [-0.2, -0.15) is 0 Å². The van der Waals surface area contributed by atoms with E-state index in [1.807, 2.05) is 0 Å². The van der Waals surface area contributed by atoms with Gasteiger partial charge in [0.05, 0.1) is 11.9 Å². The Kier molecular flexibility index (Phi) is 10.8. The molecule has 0 N–H and O–H groups in total. The van der Waals surface area contributed by atoms with Crippen molar-refractivity contribution >= 4 is 0 Å². The fourth-order valence-electron chi connectivity index (χ4n) is 2.02. The van der Waals surface area contributed by atoms with Gasteiger partial charge in [-0.3, -0.25) is 0 Å². The lowest BCUT2D eigenvalue weighted by atomic mass is 9.88. The van der Waals surface area contributed by atoms with Crippen molar-refractivity contribution in [2.45, 2.75) is 72.3 Å². The number of hydrogen-bond donors (Lipinski definition) is 0. The molecule has 0 aliphatic heterocycles. The molecule has 0 aromatic rings. The van der Waals surface area contributed by atoms with Gasteiger partial charge in [-0.15, -0.1) is 0 Å². The van der Waals surface area contributed by atoms with Gasteiger partial charge in [0.1, 0.15) is 0 Å². The van der Waals surface area contributed by atoms with Crippen molar-refractivity contribution in [2.75, 3.05) is 6.79 Å². The standard InChI is InChI=1S/C12H22O2.2CH4/c1-3-13-11-14-12(2)9-7-5-4-6-8-10-12;;/h3H,1,4-11H2,2H3;2*1H4. The first-order valence-electron chi connectivity index (χ1n) is 5.63. The molecule has 98 valence electrons. The predicted octanol–water partition coefficient (Wildman–Crippen LogP) is 4.90. The lowest BCUT2D eigenvalue weighted by molar-refractivity contribution is -0.121. The SMILES string of the molecule is C.C.C=COCOC1(C)CCCCCCC1. The molecule has 1 saturated carbocycles. The molecule has 0 aromatic heterocycles. The van der Waals surface area contributed by atoms with Crippen LogP contribution in [0.4, 0.5) is 0 Å². The van der Waals surface area contributed by atoms with E-state index in [0.29, 0.717) is 6.79 Å². The maximum Gasteiger partial charge on any atom is 0.188 e. The Morgan fingerprint density at radius 3 is 2.06 bits per heavy atom. The Morgan fingerprint density at radius 1 is 1.06 bits per heavy atom. The third-order valence-electron chi connectivity index (χ3n) is 3.00. The third-order valence-corrected chi connectivity index (χ3v) is 3.00. The highest BCUT2D eigenvalue weighted by molar-refractivity contribution is 4.76.